The van der Waals surface area contributed by atoms with Gasteiger partial charge in [0.1, 0.15) is 0 Å². The summed E-state index contributed by atoms with van der Waals surface area (Å²) < 4.78 is 0. The van der Waals surface area contributed by atoms with Gasteiger partial charge in [0.05, 0.1) is 11.3 Å². The number of benzene rings is 1. The van der Waals surface area contributed by atoms with E-state index < -0.39 is 0 Å². The second-order valence-corrected chi connectivity index (χ2v) is 5.97. The number of nitrogens with two attached hydrogens (primary N) is 1. The molecule has 1 fully saturated rings. The molecule has 5 heteroatoms. The highest BCUT2D eigenvalue weighted by Gasteiger charge is 2.33. The van der Waals surface area contributed by atoms with E-state index in [9.17, 15) is 9.59 Å². The zero-order valence-corrected chi connectivity index (χ0v) is 13.6. The van der Waals surface area contributed by atoms with Gasteiger partial charge >= 0.3 is 0 Å². The Labute approximate surface area is 132 Å². The SMILES string of the molecule is CCC(=O)N(C)c1ccccc1C(=O)N1CC(CN)CC1C. The Morgan fingerprint density at radius 1 is 1.36 bits per heavy atom. The van der Waals surface area contributed by atoms with Crippen LogP contribution in [0.4, 0.5) is 5.69 Å². The first-order chi connectivity index (χ1) is 10.5. The summed E-state index contributed by atoms with van der Waals surface area (Å²) in [5.74, 6) is 0.338. The van der Waals surface area contributed by atoms with Crippen LogP contribution in [0.25, 0.3) is 0 Å². The number of nitrogens with zero attached hydrogens (tertiary/aromatic N) is 2. The number of carbonyl (C=O) groups excluding carboxylic acids is 2. The van der Waals surface area contributed by atoms with Crippen molar-refractivity contribution in [1.82, 2.24) is 4.90 Å². The predicted molar refractivity (Wildman–Crippen MR) is 87.8 cm³/mol. The summed E-state index contributed by atoms with van der Waals surface area (Å²) in [6.07, 6.45) is 1.35. The van der Waals surface area contributed by atoms with E-state index in [2.05, 4.69) is 6.92 Å². The largest absolute Gasteiger partial charge is 0.336 e. The van der Waals surface area contributed by atoms with Crippen LogP contribution in [0.15, 0.2) is 24.3 Å². The number of anilines is 1. The molecule has 22 heavy (non-hydrogen) atoms. The third kappa shape index (κ3) is 3.14. The minimum Gasteiger partial charge on any atom is -0.336 e. The van der Waals surface area contributed by atoms with E-state index in [1.807, 2.05) is 30.0 Å². The molecule has 1 heterocycles. The van der Waals surface area contributed by atoms with Crippen molar-refractivity contribution in [3.63, 3.8) is 0 Å². The Morgan fingerprint density at radius 3 is 2.64 bits per heavy atom. The lowest BCUT2D eigenvalue weighted by Gasteiger charge is -2.25. The molecule has 120 valence electrons. The monoisotopic (exact) mass is 303 g/mol. The van der Waals surface area contributed by atoms with Crippen LogP contribution in [0, 0.1) is 5.92 Å². The predicted octanol–water partition coefficient (Wildman–Crippen LogP) is 1.87. The van der Waals surface area contributed by atoms with Gasteiger partial charge in [-0.1, -0.05) is 19.1 Å². The Kier molecular flexibility index (Phi) is 5.19. The summed E-state index contributed by atoms with van der Waals surface area (Å²) in [4.78, 5) is 28.3. The van der Waals surface area contributed by atoms with Gasteiger partial charge in [-0.15, -0.1) is 0 Å². The molecule has 1 saturated heterocycles. The van der Waals surface area contributed by atoms with Crippen LogP contribution < -0.4 is 10.6 Å². The summed E-state index contributed by atoms with van der Waals surface area (Å²) in [7, 11) is 1.72. The molecule has 2 N–H and O–H groups in total. The highest BCUT2D eigenvalue weighted by molar-refractivity contribution is 6.04. The number of hydrogen-bond acceptors (Lipinski definition) is 3. The molecular weight excluding hydrogens is 278 g/mol. The molecule has 0 saturated carbocycles. The maximum Gasteiger partial charge on any atom is 0.256 e. The number of carbonyl (C=O) groups is 2. The molecule has 2 unspecified atom stereocenters. The Balaban J connectivity index is 2.29. The quantitative estimate of drug-likeness (QED) is 0.923. The van der Waals surface area contributed by atoms with Crippen LogP contribution in [0.1, 0.15) is 37.0 Å². The summed E-state index contributed by atoms with van der Waals surface area (Å²) >= 11 is 0. The number of likely N-dealkylation sites (tertiary alicyclic amines) is 1. The minimum absolute atomic E-state index is 0.00504. The molecule has 1 aliphatic heterocycles. The summed E-state index contributed by atoms with van der Waals surface area (Å²) in [5, 5.41) is 0. The van der Waals surface area contributed by atoms with E-state index in [1.54, 1.807) is 18.0 Å². The Hall–Kier alpha value is -1.88. The van der Waals surface area contributed by atoms with Gasteiger partial charge in [0.2, 0.25) is 5.91 Å². The number of rotatable bonds is 4. The van der Waals surface area contributed by atoms with Gasteiger partial charge in [0.15, 0.2) is 0 Å². The molecule has 2 rings (SSSR count). The lowest BCUT2D eigenvalue weighted by Crippen LogP contribution is -2.36. The maximum atomic E-state index is 12.9. The van der Waals surface area contributed by atoms with E-state index in [0.717, 1.165) is 6.42 Å². The fourth-order valence-corrected chi connectivity index (χ4v) is 3.07. The van der Waals surface area contributed by atoms with Crippen molar-refractivity contribution in [2.45, 2.75) is 32.7 Å². The van der Waals surface area contributed by atoms with Crippen LogP contribution in [0.3, 0.4) is 0 Å². The van der Waals surface area contributed by atoms with E-state index in [-0.39, 0.29) is 17.9 Å². The first-order valence-corrected chi connectivity index (χ1v) is 7.86. The van der Waals surface area contributed by atoms with Crippen molar-refractivity contribution in [3.05, 3.63) is 29.8 Å². The van der Waals surface area contributed by atoms with Gasteiger partial charge in [0.25, 0.3) is 5.91 Å². The lowest BCUT2D eigenvalue weighted by atomic mass is 10.1. The van der Waals surface area contributed by atoms with Crippen molar-refractivity contribution >= 4 is 17.5 Å². The second kappa shape index (κ2) is 6.92. The molecule has 1 aliphatic rings. The molecular formula is C17H25N3O2. The van der Waals surface area contributed by atoms with Gasteiger partial charge in [-0.05, 0) is 37.9 Å². The maximum absolute atomic E-state index is 12.9. The zero-order chi connectivity index (χ0) is 16.3. The van der Waals surface area contributed by atoms with Gasteiger partial charge in [-0.2, -0.15) is 0 Å². The molecule has 1 aromatic carbocycles. The van der Waals surface area contributed by atoms with Gasteiger partial charge in [-0.3, -0.25) is 9.59 Å². The normalized spacial score (nSPS) is 21.0. The standard InChI is InChI=1S/C17H25N3O2/c1-4-16(21)19(3)15-8-6-5-7-14(15)17(22)20-11-13(10-18)9-12(20)2/h5-8,12-13H,4,9-11,18H2,1-3H3. The third-order valence-corrected chi connectivity index (χ3v) is 4.43. The topological polar surface area (TPSA) is 66.6 Å². The van der Waals surface area contributed by atoms with Gasteiger partial charge in [-0.25, -0.2) is 0 Å². The van der Waals surface area contributed by atoms with Crippen molar-refractivity contribution in [2.24, 2.45) is 11.7 Å². The fraction of sp³-hybridized carbons (Fsp3) is 0.529. The highest BCUT2D eigenvalue weighted by atomic mass is 16.2. The second-order valence-electron chi connectivity index (χ2n) is 5.97. The van der Waals surface area contributed by atoms with Gasteiger partial charge < -0.3 is 15.5 Å². The lowest BCUT2D eigenvalue weighted by molar-refractivity contribution is -0.118. The van der Waals surface area contributed by atoms with Crippen molar-refractivity contribution in [1.29, 1.82) is 0 Å². The molecule has 0 radical (unpaired) electrons. The molecule has 2 atom stereocenters. The summed E-state index contributed by atoms with van der Waals surface area (Å²) in [6, 6.07) is 7.48. The molecule has 2 amide bonds. The van der Waals surface area contributed by atoms with Crippen molar-refractivity contribution in [3.8, 4) is 0 Å². The molecule has 0 aromatic heterocycles. The van der Waals surface area contributed by atoms with Crippen LogP contribution in [-0.2, 0) is 4.79 Å². The highest BCUT2D eigenvalue weighted by Crippen LogP contribution is 2.28. The first kappa shape index (κ1) is 16.5. The van der Waals surface area contributed by atoms with E-state index in [0.29, 0.717) is 36.7 Å². The van der Waals surface area contributed by atoms with Crippen LogP contribution in [0.5, 0.6) is 0 Å². The third-order valence-electron chi connectivity index (χ3n) is 4.43. The molecule has 1 aromatic rings. The smallest absolute Gasteiger partial charge is 0.256 e. The van der Waals surface area contributed by atoms with Crippen molar-refractivity contribution < 1.29 is 9.59 Å². The Bertz CT molecular complexity index is 559. The number of hydrogen-bond donors (Lipinski definition) is 1. The van der Waals surface area contributed by atoms with E-state index in [4.69, 9.17) is 5.73 Å². The summed E-state index contributed by atoms with van der Waals surface area (Å²) in [5.41, 5.74) is 6.99. The molecule has 0 aliphatic carbocycles. The minimum atomic E-state index is -0.0187. The first-order valence-electron chi connectivity index (χ1n) is 7.86. The van der Waals surface area contributed by atoms with E-state index in [1.165, 1.54) is 0 Å². The average Bonchev–Trinajstić information content (AvgIpc) is 2.93. The number of amides is 2. The van der Waals surface area contributed by atoms with Crippen LogP contribution >= 0.6 is 0 Å². The fourth-order valence-electron chi connectivity index (χ4n) is 3.07. The number of para-hydroxylation sites is 1. The zero-order valence-electron chi connectivity index (χ0n) is 13.6. The van der Waals surface area contributed by atoms with Crippen LogP contribution in [-0.4, -0.2) is 42.9 Å². The molecule has 0 bridgehead atoms. The molecule has 5 nitrogen and oxygen atoms in total. The van der Waals surface area contributed by atoms with Crippen LogP contribution in [0.2, 0.25) is 0 Å². The summed E-state index contributed by atoms with van der Waals surface area (Å²) in [6.45, 7) is 5.16. The van der Waals surface area contributed by atoms with E-state index >= 15 is 0 Å². The average molecular weight is 303 g/mol. The van der Waals surface area contributed by atoms with Crippen molar-refractivity contribution in [2.75, 3.05) is 25.0 Å². The van der Waals surface area contributed by atoms with Gasteiger partial charge in [0, 0.05) is 26.1 Å². The Morgan fingerprint density at radius 2 is 2.05 bits per heavy atom. The molecule has 0 spiro atoms.